The molecule has 5 heterocycles. The van der Waals surface area contributed by atoms with Gasteiger partial charge in [0.1, 0.15) is 11.8 Å². The number of hydrogen-bond donors (Lipinski definition) is 2. The largest absolute Gasteiger partial charge is 0.495 e. The molecule has 3 N–H and O–H groups in total. The molecule has 2 amide bonds. The van der Waals surface area contributed by atoms with Crippen molar-refractivity contribution in [1.82, 2.24) is 19.9 Å². The minimum atomic E-state index is -0.560. The van der Waals surface area contributed by atoms with E-state index in [0.29, 0.717) is 24.4 Å². The maximum Gasteiger partial charge on any atom is 0.270 e. The molecule has 0 radical (unpaired) electrons. The lowest BCUT2D eigenvalue weighted by atomic mass is 9.75. The van der Waals surface area contributed by atoms with E-state index in [9.17, 15) is 9.59 Å². The monoisotopic (exact) mass is 454 g/mol. The Labute approximate surface area is 193 Å². The molecule has 10 heteroatoms. The van der Waals surface area contributed by atoms with E-state index in [1.807, 2.05) is 18.2 Å². The average Bonchev–Trinajstić information content (AvgIpc) is 3.33. The van der Waals surface area contributed by atoms with E-state index in [0.717, 1.165) is 63.5 Å². The maximum atomic E-state index is 13.4. The van der Waals surface area contributed by atoms with Crippen LogP contribution in [0.5, 0.6) is 5.75 Å². The lowest BCUT2D eigenvalue weighted by Crippen LogP contribution is -3.20. The number of primary amides is 1. The van der Waals surface area contributed by atoms with Crippen LogP contribution in [0.4, 0.5) is 5.69 Å². The molecule has 1 aromatic heterocycles. The van der Waals surface area contributed by atoms with Crippen molar-refractivity contribution in [3.63, 3.8) is 0 Å². The van der Waals surface area contributed by atoms with Gasteiger partial charge in [-0.3, -0.25) is 9.59 Å². The van der Waals surface area contributed by atoms with Gasteiger partial charge in [0.05, 0.1) is 44.5 Å². The van der Waals surface area contributed by atoms with Gasteiger partial charge in [-0.2, -0.15) is 0 Å². The van der Waals surface area contributed by atoms with Crippen molar-refractivity contribution < 1.29 is 19.2 Å². The molecule has 176 valence electrons. The van der Waals surface area contributed by atoms with Gasteiger partial charge in [0.15, 0.2) is 5.69 Å². The van der Waals surface area contributed by atoms with Gasteiger partial charge in [-0.05, 0) is 18.1 Å². The highest BCUT2D eigenvalue weighted by atomic mass is 16.5. The average molecular weight is 455 g/mol. The van der Waals surface area contributed by atoms with Crippen LogP contribution in [-0.4, -0.2) is 84.1 Å². The molecule has 2 bridgehead atoms. The van der Waals surface area contributed by atoms with Gasteiger partial charge in [0.2, 0.25) is 5.91 Å². The fourth-order valence-corrected chi connectivity index (χ4v) is 5.82. The number of benzene rings is 1. The molecule has 1 aromatic carbocycles. The molecule has 10 nitrogen and oxygen atoms in total. The molecule has 4 fully saturated rings. The second-order valence-electron chi connectivity index (χ2n) is 9.37. The predicted octanol–water partition coefficient (Wildman–Crippen LogP) is -0.972. The fourth-order valence-electron chi connectivity index (χ4n) is 5.82. The summed E-state index contributed by atoms with van der Waals surface area (Å²) in [7, 11) is 1.70. The van der Waals surface area contributed by atoms with Crippen LogP contribution < -0.4 is 20.3 Å². The van der Waals surface area contributed by atoms with Crippen molar-refractivity contribution in [3.8, 4) is 5.75 Å². The number of ether oxygens (including phenoxy) is 1. The predicted molar refractivity (Wildman–Crippen MR) is 121 cm³/mol. The highest BCUT2D eigenvalue weighted by molar-refractivity contribution is 5.90. The third kappa shape index (κ3) is 4.27. The van der Waals surface area contributed by atoms with Gasteiger partial charge in [-0.1, -0.05) is 17.3 Å². The number of rotatable bonds is 6. The highest BCUT2D eigenvalue weighted by Crippen LogP contribution is 2.31. The lowest BCUT2D eigenvalue weighted by molar-refractivity contribution is -0.945. The number of nitrogens with one attached hydrogen (secondary N) is 1. The van der Waals surface area contributed by atoms with Crippen LogP contribution in [0.2, 0.25) is 0 Å². The molecule has 1 unspecified atom stereocenters. The summed E-state index contributed by atoms with van der Waals surface area (Å²) in [6, 6.07) is 8.44. The van der Waals surface area contributed by atoms with Crippen LogP contribution >= 0.6 is 0 Å². The lowest BCUT2D eigenvalue weighted by Gasteiger charge is -2.47. The molecular formula is C23H32N7O3+. The number of para-hydroxylation sites is 2. The third-order valence-electron chi connectivity index (χ3n) is 7.58. The number of piperidine rings is 3. The van der Waals surface area contributed by atoms with Gasteiger partial charge in [-0.25, -0.2) is 4.68 Å². The van der Waals surface area contributed by atoms with E-state index in [4.69, 9.17) is 10.5 Å². The molecule has 0 spiro atoms. The molecule has 4 aliphatic rings. The van der Waals surface area contributed by atoms with Crippen molar-refractivity contribution in [1.29, 1.82) is 0 Å². The summed E-state index contributed by atoms with van der Waals surface area (Å²) in [6.07, 6.45) is 3.71. The number of nitrogens with two attached hydrogens (primary N) is 1. The number of carbonyl (C=O) groups excluding carboxylic acids is 2. The fraction of sp³-hybridized carbons (Fsp3) is 0.565. The van der Waals surface area contributed by atoms with Crippen LogP contribution in [0.15, 0.2) is 30.5 Å². The van der Waals surface area contributed by atoms with Crippen LogP contribution in [-0.2, 0) is 11.3 Å². The first-order chi connectivity index (χ1) is 16.0. The van der Waals surface area contributed by atoms with Gasteiger partial charge in [0.25, 0.3) is 5.91 Å². The van der Waals surface area contributed by atoms with Crippen LogP contribution in [0, 0.1) is 11.8 Å². The third-order valence-corrected chi connectivity index (χ3v) is 7.58. The topological polar surface area (TPSA) is 111 Å². The van der Waals surface area contributed by atoms with Gasteiger partial charge in [0, 0.05) is 39.0 Å². The summed E-state index contributed by atoms with van der Waals surface area (Å²) >= 11 is 0. The number of piperazine rings is 1. The zero-order valence-electron chi connectivity index (χ0n) is 19.0. The quantitative estimate of drug-likeness (QED) is 0.581. The Morgan fingerprint density at radius 1 is 1.21 bits per heavy atom. The molecular weight excluding hydrogens is 422 g/mol. The van der Waals surface area contributed by atoms with Crippen LogP contribution in [0.1, 0.15) is 23.3 Å². The summed E-state index contributed by atoms with van der Waals surface area (Å²) in [5.41, 5.74) is 6.58. The Balaban J connectivity index is 1.18. The summed E-state index contributed by atoms with van der Waals surface area (Å²) in [5.74, 6) is 1.13. The van der Waals surface area contributed by atoms with Crippen molar-refractivity contribution in [2.45, 2.75) is 25.4 Å². The van der Waals surface area contributed by atoms with Crippen molar-refractivity contribution in [2.24, 2.45) is 17.6 Å². The first kappa shape index (κ1) is 21.7. The number of aromatic nitrogens is 3. The Bertz CT molecular complexity index is 1020. The minimum absolute atomic E-state index is 0.0970. The number of quaternary nitrogens is 1. The van der Waals surface area contributed by atoms with Crippen molar-refractivity contribution in [3.05, 3.63) is 36.2 Å². The smallest absolute Gasteiger partial charge is 0.270 e. The van der Waals surface area contributed by atoms with E-state index in [1.165, 1.54) is 4.90 Å². The molecule has 4 aliphatic heterocycles. The standard InChI is InChI=1S/C23H31N7O3/c1-33-21-5-3-2-4-20(21)27-8-10-28(11-9-27)23(32)18-14-29-7-6-16(18)12-17(29)13-30-15-19(22(24)31)25-26-30/h2-5,15-18H,6-14H2,1H3,(H2,24,31)/p+1/t16-,17-,18+/m1/s1. The number of methoxy groups -OCH3 is 1. The second-order valence-corrected chi connectivity index (χ2v) is 9.37. The van der Waals surface area contributed by atoms with E-state index in [2.05, 4.69) is 26.2 Å². The number of anilines is 1. The number of nitrogens with zero attached hydrogens (tertiary/aromatic N) is 5. The summed E-state index contributed by atoms with van der Waals surface area (Å²) in [5, 5.41) is 7.89. The van der Waals surface area contributed by atoms with E-state index in [1.54, 1.807) is 18.0 Å². The molecule has 0 aliphatic carbocycles. The molecule has 4 saturated heterocycles. The normalized spacial score (nSPS) is 26.9. The Morgan fingerprint density at radius 2 is 2.00 bits per heavy atom. The van der Waals surface area contributed by atoms with Gasteiger partial charge in [-0.15, -0.1) is 5.10 Å². The van der Waals surface area contributed by atoms with Crippen molar-refractivity contribution >= 4 is 17.5 Å². The summed E-state index contributed by atoms with van der Waals surface area (Å²) in [4.78, 5) is 30.5. The zero-order valence-corrected chi connectivity index (χ0v) is 19.0. The molecule has 33 heavy (non-hydrogen) atoms. The zero-order chi connectivity index (χ0) is 22.9. The van der Waals surface area contributed by atoms with E-state index >= 15 is 0 Å². The Hall–Kier alpha value is -3.14. The number of fused-ring (bicyclic) bond motifs is 3. The SMILES string of the molecule is COc1ccccc1N1CCN(C(=O)[C@H]2C[NH+]3CC[C@@H]2C[C@@H]3Cn2cc(C(N)=O)nn2)CC1. The number of hydrogen-bond acceptors (Lipinski definition) is 6. The summed E-state index contributed by atoms with van der Waals surface area (Å²) in [6.45, 7) is 5.77. The number of carbonyl (C=O) groups is 2. The van der Waals surface area contributed by atoms with E-state index in [-0.39, 0.29) is 11.6 Å². The summed E-state index contributed by atoms with van der Waals surface area (Å²) < 4.78 is 7.22. The van der Waals surface area contributed by atoms with Crippen molar-refractivity contribution in [2.75, 3.05) is 51.3 Å². The van der Waals surface area contributed by atoms with Gasteiger partial charge >= 0.3 is 0 Å². The highest BCUT2D eigenvalue weighted by Gasteiger charge is 2.48. The van der Waals surface area contributed by atoms with Crippen LogP contribution in [0.25, 0.3) is 0 Å². The van der Waals surface area contributed by atoms with Gasteiger partial charge < -0.3 is 25.2 Å². The first-order valence-corrected chi connectivity index (χ1v) is 11.7. The number of amides is 2. The Kier molecular flexibility index (Phi) is 5.92. The minimum Gasteiger partial charge on any atom is -0.495 e. The second kappa shape index (κ2) is 9.01. The first-order valence-electron chi connectivity index (χ1n) is 11.7. The van der Waals surface area contributed by atoms with E-state index < -0.39 is 5.91 Å². The van der Waals surface area contributed by atoms with Crippen LogP contribution in [0.3, 0.4) is 0 Å². The maximum absolute atomic E-state index is 13.4. The Morgan fingerprint density at radius 3 is 2.67 bits per heavy atom. The molecule has 4 atom stereocenters. The molecule has 2 aromatic rings. The molecule has 0 saturated carbocycles. The molecule has 6 rings (SSSR count).